The topological polar surface area (TPSA) is 67.9 Å². The van der Waals surface area contributed by atoms with Crippen LogP contribution >= 0.6 is 11.8 Å². The van der Waals surface area contributed by atoms with Crippen molar-refractivity contribution in [2.75, 3.05) is 31.4 Å². The number of fused-ring (bicyclic) bond motifs is 1. The van der Waals surface area contributed by atoms with E-state index >= 15 is 0 Å². The predicted octanol–water partition coefficient (Wildman–Crippen LogP) is 4.32. The van der Waals surface area contributed by atoms with Gasteiger partial charge in [-0.25, -0.2) is 0 Å². The second-order valence-electron chi connectivity index (χ2n) is 7.61. The molecule has 0 saturated carbocycles. The minimum atomic E-state index is -0.196. The van der Waals surface area contributed by atoms with Crippen molar-refractivity contribution in [3.8, 4) is 11.5 Å². The summed E-state index contributed by atoms with van der Waals surface area (Å²) in [5.41, 5.74) is 3.60. The molecule has 0 aliphatic carbocycles. The maximum Gasteiger partial charge on any atom is 0.252 e. The summed E-state index contributed by atoms with van der Waals surface area (Å²) in [6, 6.07) is 20.9. The number of carbonyl (C=O) groups is 2. The molecule has 1 aliphatic rings. The number of nitrogens with one attached hydrogen (secondary N) is 1. The van der Waals surface area contributed by atoms with Gasteiger partial charge in [-0.3, -0.25) is 9.59 Å². The zero-order chi connectivity index (χ0) is 23.2. The number of anilines is 1. The molecule has 33 heavy (non-hydrogen) atoms. The Morgan fingerprint density at radius 3 is 2.42 bits per heavy atom. The van der Waals surface area contributed by atoms with E-state index in [-0.39, 0.29) is 17.6 Å². The first-order valence-electron chi connectivity index (χ1n) is 10.7. The number of carbonyl (C=O) groups excluding carboxylic acids is 2. The van der Waals surface area contributed by atoms with Crippen LogP contribution < -0.4 is 19.7 Å². The van der Waals surface area contributed by atoms with E-state index < -0.39 is 0 Å². The molecular weight excluding hydrogens is 436 g/mol. The van der Waals surface area contributed by atoms with Gasteiger partial charge >= 0.3 is 0 Å². The molecular formula is C26H26N2O4S. The van der Waals surface area contributed by atoms with Crippen LogP contribution in [0.3, 0.4) is 0 Å². The Labute approximate surface area is 197 Å². The van der Waals surface area contributed by atoms with Crippen molar-refractivity contribution >= 4 is 29.3 Å². The Morgan fingerprint density at radius 1 is 0.970 bits per heavy atom. The molecule has 2 amide bonds. The van der Waals surface area contributed by atoms with E-state index in [9.17, 15) is 9.59 Å². The third kappa shape index (κ3) is 5.31. The monoisotopic (exact) mass is 462 g/mol. The van der Waals surface area contributed by atoms with Crippen LogP contribution in [0, 0.1) is 0 Å². The smallest absolute Gasteiger partial charge is 0.252 e. The highest BCUT2D eigenvalue weighted by Gasteiger charge is 2.24. The van der Waals surface area contributed by atoms with Gasteiger partial charge < -0.3 is 19.7 Å². The lowest BCUT2D eigenvalue weighted by atomic mass is 10.1. The van der Waals surface area contributed by atoms with E-state index in [1.165, 1.54) is 17.3 Å². The molecule has 0 bridgehead atoms. The Bertz CT molecular complexity index is 1140. The predicted molar refractivity (Wildman–Crippen MR) is 130 cm³/mol. The normalized spacial score (nSPS) is 12.2. The number of nitrogens with zero attached hydrogens (tertiary/aromatic N) is 1. The van der Waals surface area contributed by atoms with Crippen LogP contribution in [0.4, 0.5) is 5.69 Å². The van der Waals surface area contributed by atoms with E-state index in [2.05, 4.69) is 11.4 Å². The molecule has 1 heterocycles. The minimum absolute atomic E-state index is 0.0450. The Morgan fingerprint density at radius 2 is 1.67 bits per heavy atom. The third-order valence-electron chi connectivity index (χ3n) is 5.54. The lowest BCUT2D eigenvalue weighted by molar-refractivity contribution is -0.116. The number of benzene rings is 3. The molecule has 7 heteroatoms. The lowest BCUT2D eigenvalue weighted by Crippen LogP contribution is -2.30. The van der Waals surface area contributed by atoms with Crippen LogP contribution in [0.2, 0.25) is 0 Å². The standard InChI is InChI=1S/C26H26N2O4S/c1-31-20-13-18(14-21(15-20)32-2)16-27-26(30)22-8-4-6-10-24(22)33-17-25(29)28-12-11-19-7-3-5-9-23(19)28/h3-10,13-15H,11-12,16-17H2,1-2H3,(H,27,30). The fraction of sp³-hybridized carbons (Fsp3) is 0.231. The first-order valence-corrected chi connectivity index (χ1v) is 11.7. The van der Waals surface area contributed by atoms with Gasteiger partial charge in [0.2, 0.25) is 5.91 Å². The first kappa shape index (κ1) is 22.7. The highest BCUT2D eigenvalue weighted by atomic mass is 32.2. The van der Waals surface area contributed by atoms with E-state index in [1.807, 2.05) is 53.4 Å². The van der Waals surface area contributed by atoms with Gasteiger partial charge in [0.15, 0.2) is 0 Å². The molecule has 3 aromatic rings. The molecule has 0 aromatic heterocycles. The lowest BCUT2D eigenvalue weighted by Gasteiger charge is -2.17. The minimum Gasteiger partial charge on any atom is -0.497 e. The zero-order valence-electron chi connectivity index (χ0n) is 18.7. The van der Waals surface area contributed by atoms with Crippen molar-refractivity contribution in [1.82, 2.24) is 5.32 Å². The van der Waals surface area contributed by atoms with E-state index in [0.717, 1.165) is 22.6 Å². The summed E-state index contributed by atoms with van der Waals surface area (Å²) in [5, 5.41) is 2.96. The summed E-state index contributed by atoms with van der Waals surface area (Å²) in [7, 11) is 3.18. The third-order valence-corrected chi connectivity index (χ3v) is 6.59. The van der Waals surface area contributed by atoms with Gasteiger partial charge in [0.05, 0.1) is 25.5 Å². The van der Waals surface area contributed by atoms with Gasteiger partial charge in [0.1, 0.15) is 11.5 Å². The summed E-state index contributed by atoms with van der Waals surface area (Å²) in [4.78, 5) is 28.4. The molecule has 3 aromatic carbocycles. The van der Waals surface area contributed by atoms with Crippen LogP contribution in [0.25, 0.3) is 0 Å². The second kappa shape index (κ2) is 10.4. The average Bonchev–Trinajstić information content (AvgIpc) is 3.30. The highest BCUT2D eigenvalue weighted by molar-refractivity contribution is 8.00. The Kier molecular flexibility index (Phi) is 7.19. The molecule has 1 N–H and O–H groups in total. The Hall–Kier alpha value is -3.45. The maximum absolute atomic E-state index is 12.9. The fourth-order valence-electron chi connectivity index (χ4n) is 3.84. The van der Waals surface area contributed by atoms with Crippen molar-refractivity contribution in [3.05, 3.63) is 83.4 Å². The highest BCUT2D eigenvalue weighted by Crippen LogP contribution is 2.30. The molecule has 4 rings (SSSR count). The zero-order valence-corrected chi connectivity index (χ0v) is 19.5. The number of para-hydroxylation sites is 1. The summed E-state index contributed by atoms with van der Waals surface area (Å²) >= 11 is 1.39. The van der Waals surface area contributed by atoms with Crippen molar-refractivity contribution in [3.63, 3.8) is 0 Å². The van der Waals surface area contributed by atoms with Gasteiger partial charge in [-0.2, -0.15) is 0 Å². The number of hydrogen-bond donors (Lipinski definition) is 1. The molecule has 0 unspecified atom stereocenters. The van der Waals surface area contributed by atoms with Crippen LogP contribution in [-0.2, 0) is 17.8 Å². The average molecular weight is 463 g/mol. The molecule has 1 aliphatic heterocycles. The maximum atomic E-state index is 12.9. The number of thioether (sulfide) groups is 1. The van der Waals surface area contributed by atoms with Crippen LogP contribution in [0.1, 0.15) is 21.5 Å². The van der Waals surface area contributed by atoms with Gasteiger partial charge in [0, 0.05) is 29.7 Å². The van der Waals surface area contributed by atoms with Crippen LogP contribution in [0.5, 0.6) is 11.5 Å². The van der Waals surface area contributed by atoms with E-state index in [4.69, 9.17) is 9.47 Å². The fourth-order valence-corrected chi connectivity index (χ4v) is 4.77. The quantitative estimate of drug-likeness (QED) is 0.505. The molecule has 6 nitrogen and oxygen atoms in total. The first-order chi connectivity index (χ1) is 16.1. The summed E-state index contributed by atoms with van der Waals surface area (Å²) in [5.74, 6) is 1.45. The molecule has 0 saturated heterocycles. The van der Waals surface area contributed by atoms with Gasteiger partial charge in [0.25, 0.3) is 5.91 Å². The molecule has 0 atom stereocenters. The number of methoxy groups -OCH3 is 2. The molecule has 0 radical (unpaired) electrons. The molecule has 0 spiro atoms. The van der Waals surface area contributed by atoms with Crippen molar-refractivity contribution in [2.45, 2.75) is 17.9 Å². The number of ether oxygens (including phenoxy) is 2. The second-order valence-corrected chi connectivity index (χ2v) is 8.63. The number of hydrogen-bond acceptors (Lipinski definition) is 5. The van der Waals surface area contributed by atoms with Crippen molar-refractivity contribution in [1.29, 1.82) is 0 Å². The van der Waals surface area contributed by atoms with Gasteiger partial charge in [-0.1, -0.05) is 30.3 Å². The SMILES string of the molecule is COc1cc(CNC(=O)c2ccccc2SCC(=O)N2CCc3ccccc32)cc(OC)c1. The van der Waals surface area contributed by atoms with Gasteiger partial charge in [-0.05, 0) is 47.9 Å². The largest absolute Gasteiger partial charge is 0.497 e. The number of amides is 2. The van der Waals surface area contributed by atoms with Crippen LogP contribution in [-0.4, -0.2) is 38.3 Å². The molecule has 170 valence electrons. The van der Waals surface area contributed by atoms with Crippen LogP contribution in [0.15, 0.2) is 71.6 Å². The van der Waals surface area contributed by atoms with Gasteiger partial charge in [-0.15, -0.1) is 11.8 Å². The molecule has 0 fully saturated rings. The van der Waals surface area contributed by atoms with Crippen molar-refractivity contribution in [2.24, 2.45) is 0 Å². The summed E-state index contributed by atoms with van der Waals surface area (Å²) < 4.78 is 10.6. The number of rotatable bonds is 8. The summed E-state index contributed by atoms with van der Waals surface area (Å²) in [6.45, 7) is 1.03. The van der Waals surface area contributed by atoms with E-state index in [0.29, 0.717) is 30.2 Å². The summed E-state index contributed by atoms with van der Waals surface area (Å²) in [6.07, 6.45) is 0.876. The van der Waals surface area contributed by atoms with Crippen molar-refractivity contribution < 1.29 is 19.1 Å². The Balaban J connectivity index is 1.40. The van der Waals surface area contributed by atoms with E-state index in [1.54, 1.807) is 26.4 Å².